The van der Waals surface area contributed by atoms with Gasteiger partial charge in [-0.2, -0.15) is 0 Å². The first-order valence-electron chi connectivity index (χ1n) is 7.36. The normalized spacial score (nSPS) is 10.0. The summed E-state index contributed by atoms with van der Waals surface area (Å²) in [5.41, 5.74) is 1.58. The number of rotatable bonds is 4. The second kappa shape index (κ2) is 9.12. The number of hydrogen-bond donors (Lipinski definition) is 3. The predicted molar refractivity (Wildman–Crippen MR) is 113 cm³/mol. The molecule has 0 unspecified atom stereocenters. The molecular formula is C17H15ClIN3O2S. The highest BCUT2D eigenvalue weighted by molar-refractivity contribution is 14.1. The maximum Gasteiger partial charge on any atom is 0.257 e. The van der Waals surface area contributed by atoms with Gasteiger partial charge in [0.25, 0.3) is 5.91 Å². The van der Waals surface area contributed by atoms with Crippen molar-refractivity contribution in [3.63, 3.8) is 0 Å². The van der Waals surface area contributed by atoms with Gasteiger partial charge in [0, 0.05) is 21.2 Å². The Morgan fingerprint density at radius 1 is 1.16 bits per heavy atom. The minimum absolute atomic E-state index is 0.108. The molecule has 0 saturated carbocycles. The van der Waals surface area contributed by atoms with Crippen molar-refractivity contribution in [2.24, 2.45) is 0 Å². The zero-order chi connectivity index (χ0) is 18.4. The van der Waals surface area contributed by atoms with Crippen molar-refractivity contribution in [2.75, 3.05) is 10.6 Å². The molecule has 0 bridgehead atoms. The molecule has 130 valence electrons. The molecule has 25 heavy (non-hydrogen) atoms. The number of benzene rings is 2. The van der Waals surface area contributed by atoms with Crippen LogP contribution in [0.5, 0.6) is 0 Å². The molecule has 0 aliphatic heterocycles. The molecule has 2 rings (SSSR count). The van der Waals surface area contributed by atoms with Crippen LogP contribution in [-0.4, -0.2) is 16.9 Å². The van der Waals surface area contributed by atoms with Gasteiger partial charge in [-0.3, -0.25) is 14.9 Å². The van der Waals surface area contributed by atoms with Crippen molar-refractivity contribution in [2.45, 2.75) is 13.3 Å². The summed E-state index contributed by atoms with van der Waals surface area (Å²) in [7, 11) is 0. The minimum atomic E-state index is -0.317. The zero-order valence-corrected chi connectivity index (χ0v) is 17.0. The van der Waals surface area contributed by atoms with Gasteiger partial charge in [-0.05, 0) is 71.2 Å². The second-order valence-electron chi connectivity index (χ2n) is 5.01. The van der Waals surface area contributed by atoms with Gasteiger partial charge in [-0.15, -0.1) is 0 Å². The molecular weight excluding hydrogens is 473 g/mol. The molecule has 2 aromatic rings. The van der Waals surface area contributed by atoms with Crippen molar-refractivity contribution in [1.29, 1.82) is 0 Å². The third kappa shape index (κ3) is 5.94. The van der Waals surface area contributed by atoms with E-state index >= 15 is 0 Å². The molecule has 2 aromatic carbocycles. The van der Waals surface area contributed by atoms with E-state index in [4.69, 9.17) is 23.8 Å². The number of thiocarbonyl (C=S) groups is 1. The van der Waals surface area contributed by atoms with E-state index in [0.717, 1.165) is 3.57 Å². The lowest BCUT2D eigenvalue weighted by Crippen LogP contribution is -2.34. The molecule has 0 aromatic heterocycles. The average molecular weight is 488 g/mol. The smallest absolute Gasteiger partial charge is 0.257 e. The fraction of sp³-hybridized carbons (Fsp3) is 0.118. The number of carbonyl (C=O) groups excluding carboxylic acids is 2. The monoisotopic (exact) mass is 487 g/mol. The van der Waals surface area contributed by atoms with Crippen LogP contribution in [0, 0.1) is 3.57 Å². The Hall–Kier alpha value is -1.71. The summed E-state index contributed by atoms with van der Waals surface area (Å²) >= 11 is 13.4. The maximum absolute atomic E-state index is 12.2. The van der Waals surface area contributed by atoms with E-state index in [1.54, 1.807) is 43.3 Å². The number of carbonyl (C=O) groups is 2. The van der Waals surface area contributed by atoms with E-state index in [0.29, 0.717) is 28.4 Å². The summed E-state index contributed by atoms with van der Waals surface area (Å²) in [6.07, 6.45) is 0.371. The Bertz CT molecular complexity index is 829. The van der Waals surface area contributed by atoms with E-state index in [9.17, 15) is 9.59 Å². The van der Waals surface area contributed by atoms with Crippen molar-refractivity contribution in [1.82, 2.24) is 5.32 Å². The molecule has 0 aliphatic carbocycles. The number of hydrogen-bond acceptors (Lipinski definition) is 3. The van der Waals surface area contributed by atoms with Gasteiger partial charge in [0.2, 0.25) is 5.91 Å². The summed E-state index contributed by atoms with van der Waals surface area (Å²) in [4.78, 5) is 23.7. The molecule has 0 aliphatic rings. The molecule has 0 saturated heterocycles. The maximum atomic E-state index is 12.2. The van der Waals surface area contributed by atoms with Crippen LogP contribution in [0.15, 0.2) is 42.5 Å². The summed E-state index contributed by atoms with van der Waals surface area (Å²) in [5, 5.41) is 8.74. The largest absolute Gasteiger partial charge is 0.331 e. The van der Waals surface area contributed by atoms with Crippen LogP contribution in [0.2, 0.25) is 5.02 Å². The first kappa shape index (κ1) is 19.6. The van der Waals surface area contributed by atoms with E-state index in [-0.39, 0.29) is 16.9 Å². The molecule has 0 atom stereocenters. The van der Waals surface area contributed by atoms with Gasteiger partial charge in [0.15, 0.2) is 5.11 Å². The Balaban J connectivity index is 2.05. The van der Waals surface area contributed by atoms with Gasteiger partial charge in [0.05, 0.1) is 10.7 Å². The van der Waals surface area contributed by atoms with E-state index < -0.39 is 0 Å². The number of amides is 2. The van der Waals surface area contributed by atoms with E-state index in [1.807, 2.05) is 6.07 Å². The molecule has 0 spiro atoms. The minimum Gasteiger partial charge on any atom is -0.331 e. The number of anilines is 2. The first-order valence-corrected chi connectivity index (χ1v) is 9.23. The average Bonchev–Trinajstić information content (AvgIpc) is 2.57. The Labute approximate surface area is 169 Å². The lowest BCUT2D eigenvalue weighted by Gasteiger charge is -2.13. The van der Waals surface area contributed by atoms with Crippen LogP contribution < -0.4 is 16.0 Å². The Morgan fingerprint density at radius 3 is 2.60 bits per heavy atom. The third-order valence-electron chi connectivity index (χ3n) is 3.13. The van der Waals surface area contributed by atoms with Crippen LogP contribution in [0.1, 0.15) is 23.7 Å². The lowest BCUT2D eigenvalue weighted by atomic mass is 10.2. The fourth-order valence-electron chi connectivity index (χ4n) is 1.91. The van der Waals surface area contributed by atoms with Gasteiger partial charge < -0.3 is 10.6 Å². The Kier molecular flexibility index (Phi) is 7.15. The number of nitrogens with one attached hydrogen (secondary N) is 3. The van der Waals surface area contributed by atoms with Gasteiger partial charge in [0.1, 0.15) is 0 Å². The van der Waals surface area contributed by atoms with Crippen LogP contribution in [0.25, 0.3) is 0 Å². The molecule has 0 heterocycles. The topological polar surface area (TPSA) is 70.2 Å². The highest BCUT2D eigenvalue weighted by Crippen LogP contribution is 2.25. The molecule has 0 fully saturated rings. The van der Waals surface area contributed by atoms with Crippen molar-refractivity contribution in [3.8, 4) is 0 Å². The molecule has 5 nitrogen and oxygen atoms in total. The van der Waals surface area contributed by atoms with Crippen molar-refractivity contribution in [3.05, 3.63) is 56.6 Å². The SMILES string of the molecule is CCC(=O)Nc1ccc(Cl)c(NC(=S)NC(=O)c2cccc(I)c2)c1. The third-order valence-corrected chi connectivity index (χ3v) is 4.34. The summed E-state index contributed by atoms with van der Waals surface area (Å²) in [6.45, 7) is 1.76. The van der Waals surface area contributed by atoms with Crippen LogP contribution >= 0.6 is 46.4 Å². The lowest BCUT2D eigenvalue weighted by molar-refractivity contribution is -0.115. The molecule has 2 amide bonds. The predicted octanol–water partition coefficient (Wildman–Crippen LogP) is 4.42. The van der Waals surface area contributed by atoms with Gasteiger partial charge in [-0.1, -0.05) is 24.6 Å². The van der Waals surface area contributed by atoms with Crippen LogP contribution in [0.3, 0.4) is 0 Å². The highest BCUT2D eigenvalue weighted by Gasteiger charge is 2.10. The van der Waals surface area contributed by atoms with E-state index in [2.05, 4.69) is 38.5 Å². The van der Waals surface area contributed by atoms with Crippen LogP contribution in [-0.2, 0) is 4.79 Å². The van der Waals surface area contributed by atoms with E-state index in [1.165, 1.54) is 0 Å². The summed E-state index contributed by atoms with van der Waals surface area (Å²) in [6, 6.07) is 12.1. The Morgan fingerprint density at radius 2 is 1.92 bits per heavy atom. The first-order chi connectivity index (χ1) is 11.9. The highest BCUT2D eigenvalue weighted by atomic mass is 127. The van der Waals surface area contributed by atoms with Gasteiger partial charge >= 0.3 is 0 Å². The zero-order valence-electron chi connectivity index (χ0n) is 13.2. The summed E-state index contributed by atoms with van der Waals surface area (Å²) in [5.74, 6) is -0.426. The molecule has 0 radical (unpaired) electrons. The quantitative estimate of drug-likeness (QED) is 0.441. The molecule has 3 N–H and O–H groups in total. The van der Waals surface area contributed by atoms with Crippen molar-refractivity contribution >= 4 is 74.7 Å². The van der Waals surface area contributed by atoms with Crippen molar-refractivity contribution < 1.29 is 9.59 Å². The second-order valence-corrected chi connectivity index (χ2v) is 7.08. The summed E-state index contributed by atoms with van der Waals surface area (Å²) < 4.78 is 0.950. The van der Waals surface area contributed by atoms with Gasteiger partial charge in [-0.25, -0.2) is 0 Å². The fourth-order valence-corrected chi connectivity index (χ4v) is 2.82. The molecule has 8 heteroatoms. The van der Waals surface area contributed by atoms with Crippen LogP contribution in [0.4, 0.5) is 11.4 Å². The number of halogens is 2. The standard InChI is InChI=1S/C17H15ClIN3O2S/c1-2-15(23)20-12-6-7-13(18)14(9-12)21-17(25)22-16(24)10-4-3-5-11(19)8-10/h3-9H,2H2,1H3,(H,20,23)(H2,21,22,24,25).